The molecule has 0 radical (unpaired) electrons. The van der Waals surface area contributed by atoms with Gasteiger partial charge in [0.1, 0.15) is 5.69 Å². The second-order valence-electron chi connectivity index (χ2n) is 7.46. The molecule has 0 unspecified atom stereocenters. The van der Waals surface area contributed by atoms with E-state index in [4.69, 9.17) is 5.11 Å². The molecule has 4 rings (SSSR count). The fourth-order valence-corrected chi connectivity index (χ4v) is 3.21. The van der Waals surface area contributed by atoms with Crippen LogP contribution in [0.1, 0.15) is 21.5 Å². The van der Waals surface area contributed by atoms with Crippen molar-refractivity contribution in [2.24, 2.45) is 5.10 Å². The number of aromatic nitrogens is 2. The fourth-order valence-electron chi connectivity index (χ4n) is 3.21. The molecule has 0 aliphatic heterocycles. The minimum Gasteiger partial charge on any atom is -0.478 e. The van der Waals surface area contributed by atoms with E-state index < -0.39 is 13.1 Å². The lowest BCUT2D eigenvalue weighted by molar-refractivity contribution is 0.0697. The summed E-state index contributed by atoms with van der Waals surface area (Å²) in [6, 6.07) is 21.0. The first-order valence-electron chi connectivity index (χ1n) is 10.2. The average molecular weight is 440 g/mol. The molecule has 0 atom stereocenters. The van der Waals surface area contributed by atoms with Gasteiger partial charge >= 0.3 is 13.1 Å². The maximum absolute atomic E-state index is 11.1. The van der Waals surface area contributed by atoms with Gasteiger partial charge in [0.2, 0.25) is 0 Å². The van der Waals surface area contributed by atoms with Crippen molar-refractivity contribution in [1.29, 1.82) is 0 Å². The number of aromatic carboxylic acids is 1. The predicted molar refractivity (Wildman–Crippen MR) is 128 cm³/mol. The van der Waals surface area contributed by atoms with Gasteiger partial charge in [-0.1, -0.05) is 42.0 Å². The molecule has 8 nitrogen and oxygen atoms in total. The lowest BCUT2D eigenvalue weighted by Crippen LogP contribution is -2.29. The van der Waals surface area contributed by atoms with Crippen LogP contribution in [0.25, 0.3) is 16.9 Å². The molecule has 0 amide bonds. The van der Waals surface area contributed by atoms with Gasteiger partial charge in [-0.2, -0.15) is 10.2 Å². The third kappa shape index (κ3) is 5.17. The van der Waals surface area contributed by atoms with Gasteiger partial charge in [0.25, 0.3) is 0 Å². The van der Waals surface area contributed by atoms with Crippen LogP contribution >= 0.6 is 0 Å². The van der Waals surface area contributed by atoms with Crippen LogP contribution in [0.3, 0.4) is 0 Å². The third-order valence-corrected chi connectivity index (χ3v) is 5.05. The zero-order valence-corrected chi connectivity index (χ0v) is 17.8. The number of hydrogen-bond donors (Lipinski definition) is 4. The molecular weight excluding hydrogens is 419 g/mol. The van der Waals surface area contributed by atoms with E-state index in [0.717, 1.165) is 16.8 Å². The highest BCUT2D eigenvalue weighted by Crippen LogP contribution is 2.23. The molecule has 33 heavy (non-hydrogen) atoms. The SMILES string of the molecule is Cc1ccc(N/N=C/c2cn(-c3ccc(C(=O)O)cc3)nc2-c2ccc(B(O)O)cc2)cc1. The second-order valence-corrected chi connectivity index (χ2v) is 7.46. The minimum atomic E-state index is -1.55. The first-order chi connectivity index (χ1) is 15.9. The van der Waals surface area contributed by atoms with E-state index in [1.165, 1.54) is 12.1 Å². The van der Waals surface area contributed by atoms with Crippen molar-refractivity contribution >= 4 is 30.5 Å². The molecular formula is C24H21BN4O4. The monoisotopic (exact) mass is 440 g/mol. The molecule has 4 N–H and O–H groups in total. The van der Waals surface area contributed by atoms with Crippen LogP contribution in [0.4, 0.5) is 5.69 Å². The van der Waals surface area contributed by atoms with Gasteiger partial charge < -0.3 is 15.2 Å². The topological polar surface area (TPSA) is 120 Å². The quantitative estimate of drug-likeness (QED) is 0.199. The number of rotatable bonds is 7. The second kappa shape index (κ2) is 9.52. The Bertz CT molecular complexity index is 1280. The molecule has 0 saturated heterocycles. The number of carbonyl (C=O) groups is 1. The number of hydrazone groups is 1. The van der Waals surface area contributed by atoms with Crippen LogP contribution in [0.15, 0.2) is 84.1 Å². The van der Waals surface area contributed by atoms with Crippen LogP contribution < -0.4 is 10.9 Å². The zero-order valence-electron chi connectivity index (χ0n) is 17.8. The van der Waals surface area contributed by atoms with Gasteiger partial charge in [-0.05, 0) is 48.8 Å². The highest BCUT2D eigenvalue weighted by molar-refractivity contribution is 6.58. The van der Waals surface area contributed by atoms with Crippen molar-refractivity contribution in [2.45, 2.75) is 6.92 Å². The van der Waals surface area contributed by atoms with Gasteiger partial charge in [0.15, 0.2) is 0 Å². The normalized spacial score (nSPS) is 11.0. The molecule has 0 fully saturated rings. The molecule has 0 aliphatic rings. The Labute approximate surface area is 190 Å². The predicted octanol–water partition coefficient (Wildman–Crippen LogP) is 2.67. The Morgan fingerprint density at radius 2 is 1.67 bits per heavy atom. The van der Waals surface area contributed by atoms with Crippen molar-refractivity contribution in [1.82, 2.24) is 9.78 Å². The molecule has 3 aromatic carbocycles. The number of benzene rings is 3. The summed E-state index contributed by atoms with van der Waals surface area (Å²) in [6.07, 6.45) is 3.44. The zero-order chi connectivity index (χ0) is 23.4. The lowest BCUT2D eigenvalue weighted by Gasteiger charge is -2.03. The summed E-state index contributed by atoms with van der Waals surface area (Å²) in [5, 5.41) is 36.8. The Balaban J connectivity index is 1.68. The Morgan fingerprint density at radius 3 is 2.27 bits per heavy atom. The van der Waals surface area contributed by atoms with Gasteiger partial charge in [-0.25, -0.2) is 9.48 Å². The summed E-state index contributed by atoms with van der Waals surface area (Å²) in [6.45, 7) is 2.01. The number of aryl methyl sites for hydroxylation is 1. The van der Waals surface area contributed by atoms with E-state index in [0.29, 0.717) is 22.4 Å². The van der Waals surface area contributed by atoms with E-state index >= 15 is 0 Å². The van der Waals surface area contributed by atoms with E-state index in [1.54, 1.807) is 53.5 Å². The number of hydrogen-bond acceptors (Lipinski definition) is 6. The summed E-state index contributed by atoms with van der Waals surface area (Å²) >= 11 is 0. The Kier molecular flexibility index (Phi) is 6.35. The van der Waals surface area contributed by atoms with Crippen LogP contribution in [0.2, 0.25) is 0 Å². The molecule has 0 aliphatic carbocycles. The molecule has 0 saturated carbocycles. The number of carboxylic acids is 1. The Morgan fingerprint density at radius 1 is 1.00 bits per heavy atom. The number of carboxylic acid groups (broad SMARTS) is 1. The van der Waals surface area contributed by atoms with Crippen LogP contribution in [-0.2, 0) is 0 Å². The average Bonchev–Trinajstić information content (AvgIpc) is 3.24. The largest absolute Gasteiger partial charge is 0.488 e. The first-order valence-corrected chi connectivity index (χ1v) is 10.2. The smallest absolute Gasteiger partial charge is 0.478 e. The number of nitrogens with zero attached hydrogens (tertiary/aromatic N) is 3. The highest BCUT2D eigenvalue weighted by Gasteiger charge is 2.14. The van der Waals surface area contributed by atoms with Gasteiger partial charge in [-0.3, -0.25) is 5.43 Å². The van der Waals surface area contributed by atoms with Crippen LogP contribution in [0, 0.1) is 6.92 Å². The molecule has 9 heteroatoms. The summed E-state index contributed by atoms with van der Waals surface area (Å²) in [7, 11) is -1.55. The van der Waals surface area contributed by atoms with Crippen molar-refractivity contribution in [3.63, 3.8) is 0 Å². The van der Waals surface area contributed by atoms with E-state index in [-0.39, 0.29) is 5.56 Å². The van der Waals surface area contributed by atoms with Crippen molar-refractivity contribution in [3.05, 3.63) is 95.7 Å². The maximum Gasteiger partial charge on any atom is 0.488 e. The highest BCUT2D eigenvalue weighted by atomic mass is 16.4. The van der Waals surface area contributed by atoms with E-state index in [2.05, 4.69) is 15.6 Å². The summed E-state index contributed by atoms with van der Waals surface area (Å²) in [5.74, 6) is -0.996. The lowest BCUT2D eigenvalue weighted by atomic mass is 9.80. The van der Waals surface area contributed by atoms with Crippen LogP contribution in [-0.4, -0.2) is 44.2 Å². The molecule has 1 aromatic heterocycles. The van der Waals surface area contributed by atoms with Crippen molar-refractivity contribution < 1.29 is 19.9 Å². The van der Waals surface area contributed by atoms with E-state index in [9.17, 15) is 14.8 Å². The summed E-state index contributed by atoms with van der Waals surface area (Å²) < 4.78 is 1.64. The van der Waals surface area contributed by atoms with Crippen LogP contribution in [0.5, 0.6) is 0 Å². The first kappa shape index (κ1) is 22.0. The van der Waals surface area contributed by atoms with Crippen molar-refractivity contribution in [3.8, 4) is 16.9 Å². The molecule has 0 bridgehead atoms. The molecule has 0 spiro atoms. The third-order valence-electron chi connectivity index (χ3n) is 5.05. The standard InChI is InChI=1S/C24H21BN4O4/c1-16-2-10-21(11-3-16)27-26-14-19-15-29(22-12-6-18(7-13-22)24(30)31)28-23(19)17-4-8-20(9-5-17)25(32)33/h2-15,27,32-33H,1H3,(H,30,31)/b26-14+. The molecule has 164 valence electrons. The van der Waals surface area contributed by atoms with Gasteiger partial charge in [0.05, 0.1) is 23.2 Å². The van der Waals surface area contributed by atoms with Gasteiger partial charge in [-0.15, -0.1) is 0 Å². The number of nitrogens with one attached hydrogen (secondary N) is 1. The molecule has 1 heterocycles. The van der Waals surface area contributed by atoms with E-state index in [1.807, 2.05) is 31.2 Å². The van der Waals surface area contributed by atoms with Gasteiger partial charge in [0, 0.05) is 17.3 Å². The Hall–Kier alpha value is -4.21. The maximum atomic E-state index is 11.1. The molecule has 4 aromatic rings. The van der Waals surface area contributed by atoms with Crippen molar-refractivity contribution in [2.75, 3.05) is 5.43 Å². The summed E-state index contributed by atoms with van der Waals surface area (Å²) in [5.41, 5.74) is 8.35. The number of anilines is 1. The fraction of sp³-hybridized carbons (Fsp3) is 0.0417. The minimum absolute atomic E-state index is 0.188. The summed E-state index contributed by atoms with van der Waals surface area (Å²) in [4.78, 5) is 11.1.